The second-order valence-corrected chi connectivity index (χ2v) is 7.54. The van der Waals surface area contributed by atoms with Gasteiger partial charge in [-0.05, 0) is 19.3 Å². The third kappa shape index (κ3) is 6.50. The van der Waals surface area contributed by atoms with Gasteiger partial charge in [0.1, 0.15) is 0 Å². The Balaban J connectivity index is 1.64. The van der Waals surface area contributed by atoms with Gasteiger partial charge in [-0.25, -0.2) is 0 Å². The van der Waals surface area contributed by atoms with Crippen LogP contribution in [0.3, 0.4) is 0 Å². The molecular weight excluding hydrogens is 320 g/mol. The van der Waals surface area contributed by atoms with Crippen molar-refractivity contribution in [2.24, 2.45) is 0 Å². The lowest BCUT2D eigenvalue weighted by atomic mass is 9.96. The van der Waals surface area contributed by atoms with Gasteiger partial charge >= 0.3 is 0 Å². The summed E-state index contributed by atoms with van der Waals surface area (Å²) >= 11 is 2.97. The van der Waals surface area contributed by atoms with Crippen LogP contribution in [0.2, 0.25) is 0 Å². The average molecular weight is 345 g/mol. The standard InChI is InChI=1S/C14H24N4O2S2/c1-20-9-5-8-15-12(19)10-21-14-18-17-13(22-14)16-11-6-3-2-4-7-11/h11H,2-10H2,1H3,(H,15,19)(H,16,17). The Labute approximate surface area is 139 Å². The molecular formula is C14H24N4O2S2. The lowest BCUT2D eigenvalue weighted by Gasteiger charge is -2.21. The normalized spacial score (nSPS) is 15.7. The lowest BCUT2D eigenvalue weighted by molar-refractivity contribution is -0.118. The number of nitrogens with zero attached hydrogens (tertiary/aromatic N) is 2. The summed E-state index contributed by atoms with van der Waals surface area (Å²) in [5.41, 5.74) is 0. The number of rotatable bonds is 9. The first-order valence-electron chi connectivity index (χ1n) is 7.76. The fourth-order valence-electron chi connectivity index (χ4n) is 2.37. The zero-order chi connectivity index (χ0) is 15.6. The molecule has 1 aromatic rings. The molecule has 0 saturated heterocycles. The zero-order valence-corrected chi connectivity index (χ0v) is 14.6. The summed E-state index contributed by atoms with van der Waals surface area (Å²) in [4.78, 5) is 11.7. The predicted molar refractivity (Wildman–Crippen MR) is 90.6 cm³/mol. The summed E-state index contributed by atoms with van der Waals surface area (Å²) in [5, 5.41) is 15.5. The fraction of sp³-hybridized carbons (Fsp3) is 0.786. The molecule has 1 saturated carbocycles. The van der Waals surface area contributed by atoms with Crippen molar-refractivity contribution < 1.29 is 9.53 Å². The maximum absolute atomic E-state index is 11.7. The van der Waals surface area contributed by atoms with Crippen LogP contribution in [0.5, 0.6) is 0 Å². The molecule has 1 aliphatic carbocycles. The molecule has 2 rings (SSSR count). The minimum absolute atomic E-state index is 0.0260. The van der Waals surface area contributed by atoms with Crippen LogP contribution >= 0.6 is 23.1 Å². The van der Waals surface area contributed by atoms with Crippen molar-refractivity contribution in [3.05, 3.63) is 0 Å². The molecule has 0 bridgehead atoms. The van der Waals surface area contributed by atoms with Gasteiger partial charge in [0.2, 0.25) is 11.0 Å². The molecule has 6 nitrogen and oxygen atoms in total. The summed E-state index contributed by atoms with van der Waals surface area (Å²) < 4.78 is 5.78. The average Bonchev–Trinajstić information content (AvgIpc) is 2.98. The summed E-state index contributed by atoms with van der Waals surface area (Å²) in [6.45, 7) is 1.32. The van der Waals surface area contributed by atoms with E-state index in [0.717, 1.165) is 15.9 Å². The number of aromatic nitrogens is 2. The number of carbonyl (C=O) groups excluding carboxylic acids is 1. The van der Waals surface area contributed by atoms with Crippen molar-refractivity contribution >= 4 is 34.1 Å². The molecule has 1 aromatic heterocycles. The van der Waals surface area contributed by atoms with Crippen molar-refractivity contribution in [2.45, 2.75) is 48.9 Å². The quantitative estimate of drug-likeness (QED) is 0.529. The summed E-state index contributed by atoms with van der Waals surface area (Å²) in [5.74, 6) is 0.406. The highest BCUT2D eigenvalue weighted by atomic mass is 32.2. The number of hydrogen-bond donors (Lipinski definition) is 2. The number of nitrogens with one attached hydrogen (secondary N) is 2. The molecule has 1 amide bonds. The predicted octanol–water partition coefficient (Wildman–Crippen LogP) is 2.53. The first-order valence-corrected chi connectivity index (χ1v) is 9.56. The number of amides is 1. The molecule has 0 radical (unpaired) electrons. The van der Waals surface area contributed by atoms with Crippen LogP contribution in [-0.2, 0) is 9.53 Å². The summed E-state index contributed by atoms with van der Waals surface area (Å²) in [6, 6.07) is 0.531. The highest BCUT2D eigenvalue weighted by molar-refractivity contribution is 8.01. The fourth-order valence-corrected chi connectivity index (χ4v) is 4.03. The van der Waals surface area contributed by atoms with Crippen LogP contribution in [0.1, 0.15) is 38.5 Å². The van der Waals surface area contributed by atoms with Crippen molar-refractivity contribution in [1.29, 1.82) is 0 Å². The topological polar surface area (TPSA) is 76.1 Å². The molecule has 1 heterocycles. The van der Waals surface area contributed by atoms with Crippen LogP contribution in [0.25, 0.3) is 0 Å². The zero-order valence-electron chi connectivity index (χ0n) is 13.0. The Morgan fingerprint density at radius 2 is 2.18 bits per heavy atom. The second kappa shape index (κ2) is 10.0. The van der Waals surface area contributed by atoms with Crippen LogP contribution in [0.4, 0.5) is 5.13 Å². The summed E-state index contributed by atoms with van der Waals surface area (Å²) in [7, 11) is 1.66. The molecule has 0 spiro atoms. The van der Waals surface area contributed by atoms with Gasteiger partial charge in [-0.2, -0.15) is 0 Å². The van der Waals surface area contributed by atoms with E-state index in [0.29, 0.717) is 24.9 Å². The Kier molecular flexibility index (Phi) is 7.96. The van der Waals surface area contributed by atoms with E-state index in [9.17, 15) is 4.79 Å². The van der Waals surface area contributed by atoms with E-state index in [-0.39, 0.29) is 5.91 Å². The highest BCUT2D eigenvalue weighted by Crippen LogP contribution is 2.28. The monoisotopic (exact) mass is 344 g/mol. The van der Waals surface area contributed by atoms with Crippen molar-refractivity contribution in [1.82, 2.24) is 15.5 Å². The molecule has 0 atom stereocenters. The Morgan fingerprint density at radius 3 is 2.95 bits per heavy atom. The van der Waals surface area contributed by atoms with Crippen LogP contribution in [0.15, 0.2) is 4.34 Å². The van der Waals surface area contributed by atoms with Gasteiger partial charge < -0.3 is 15.4 Å². The number of thioether (sulfide) groups is 1. The maximum Gasteiger partial charge on any atom is 0.230 e. The van der Waals surface area contributed by atoms with Gasteiger partial charge in [0.05, 0.1) is 5.75 Å². The minimum atomic E-state index is 0.0260. The number of anilines is 1. The van der Waals surface area contributed by atoms with Crippen molar-refractivity contribution in [3.63, 3.8) is 0 Å². The van der Waals surface area contributed by atoms with E-state index >= 15 is 0 Å². The number of methoxy groups -OCH3 is 1. The maximum atomic E-state index is 11.7. The van der Waals surface area contributed by atoms with Crippen molar-refractivity contribution in [2.75, 3.05) is 31.3 Å². The van der Waals surface area contributed by atoms with E-state index in [4.69, 9.17) is 4.74 Å². The first-order chi connectivity index (χ1) is 10.8. The Hall–Kier alpha value is -0.860. The van der Waals surface area contributed by atoms with Gasteiger partial charge in [-0.15, -0.1) is 10.2 Å². The van der Waals surface area contributed by atoms with Crippen molar-refractivity contribution in [3.8, 4) is 0 Å². The van der Waals surface area contributed by atoms with Crippen LogP contribution in [0, 0.1) is 0 Å². The SMILES string of the molecule is COCCCNC(=O)CSc1nnc(NC2CCCCC2)s1. The van der Waals surface area contributed by atoms with E-state index in [1.54, 1.807) is 7.11 Å². The molecule has 0 aromatic carbocycles. The van der Waals surface area contributed by atoms with E-state index in [2.05, 4.69) is 20.8 Å². The lowest BCUT2D eigenvalue weighted by Crippen LogP contribution is -2.26. The van der Waals surface area contributed by atoms with E-state index < -0.39 is 0 Å². The highest BCUT2D eigenvalue weighted by Gasteiger charge is 2.15. The second-order valence-electron chi connectivity index (χ2n) is 5.34. The minimum Gasteiger partial charge on any atom is -0.385 e. The largest absolute Gasteiger partial charge is 0.385 e. The van der Waals surface area contributed by atoms with Crippen LogP contribution in [-0.4, -0.2) is 48.2 Å². The number of carbonyl (C=O) groups is 1. The third-order valence-corrected chi connectivity index (χ3v) is 5.50. The van der Waals surface area contributed by atoms with Gasteiger partial charge in [0, 0.05) is 26.3 Å². The molecule has 8 heteroatoms. The van der Waals surface area contributed by atoms with E-state index in [1.165, 1.54) is 55.2 Å². The third-order valence-electron chi connectivity index (χ3n) is 3.51. The molecule has 22 heavy (non-hydrogen) atoms. The smallest absolute Gasteiger partial charge is 0.230 e. The first kappa shape index (κ1) is 17.5. The molecule has 1 fully saturated rings. The van der Waals surface area contributed by atoms with Crippen LogP contribution < -0.4 is 10.6 Å². The molecule has 2 N–H and O–H groups in total. The Morgan fingerprint density at radius 1 is 1.36 bits per heavy atom. The summed E-state index contributed by atoms with van der Waals surface area (Å²) in [6.07, 6.45) is 7.19. The molecule has 0 unspecified atom stereocenters. The van der Waals surface area contributed by atoms with Gasteiger partial charge in [-0.1, -0.05) is 42.4 Å². The van der Waals surface area contributed by atoms with E-state index in [1.807, 2.05) is 0 Å². The molecule has 1 aliphatic rings. The van der Waals surface area contributed by atoms with Gasteiger partial charge in [0.25, 0.3) is 0 Å². The molecule has 0 aliphatic heterocycles. The van der Waals surface area contributed by atoms with Gasteiger partial charge in [-0.3, -0.25) is 4.79 Å². The number of ether oxygens (including phenoxy) is 1. The van der Waals surface area contributed by atoms with Gasteiger partial charge in [0.15, 0.2) is 4.34 Å². The molecule has 124 valence electrons. The number of hydrogen-bond acceptors (Lipinski definition) is 7. The Bertz CT molecular complexity index is 450.